The highest BCUT2D eigenvalue weighted by atomic mass is 16.4. The van der Waals surface area contributed by atoms with Gasteiger partial charge in [-0.05, 0) is 18.6 Å². The molecule has 6 heteroatoms. The second-order valence-corrected chi connectivity index (χ2v) is 6.37. The van der Waals surface area contributed by atoms with Crippen molar-refractivity contribution < 1.29 is 30.0 Å². The van der Waals surface area contributed by atoms with Gasteiger partial charge < -0.3 is 20.4 Å². The summed E-state index contributed by atoms with van der Waals surface area (Å²) in [6, 6.07) is 5.85. The number of phenols is 2. The molecule has 1 rings (SSSR count). The Bertz CT molecular complexity index is 484. The molecule has 6 nitrogen and oxygen atoms in total. The van der Waals surface area contributed by atoms with Gasteiger partial charge in [0.05, 0.1) is 0 Å². The number of carboxylic acids is 2. The Hall–Kier alpha value is -2.24. The van der Waals surface area contributed by atoms with Crippen LogP contribution in [0.5, 0.6) is 11.5 Å². The third-order valence-corrected chi connectivity index (χ3v) is 4.02. The molecule has 0 aliphatic rings. The van der Waals surface area contributed by atoms with E-state index >= 15 is 0 Å². The molecule has 0 amide bonds. The minimum atomic E-state index is -1.23. The number of aromatic hydroxyl groups is 2. The molecule has 0 saturated carbocycles. The number of benzene rings is 1. The fourth-order valence-corrected chi connectivity index (χ4v) is 2.50. The van der Waals surface area contributed by atoms with Crippen LogP contribution in [-0.4, -0.2) is 32.4 Å². The quantitative estimate of drug-likeness (QED) is 0.311. The lowest BCUT2D eigenvalue weighted by Crippen LogP contribution is -2.23. The van der Waals surface area contributed by atoms with Crippen molar-refractivity contribution >= 4 is 11.9 Å². The van der Waals surface area contributed by atoms with E-state index in [2.05, 4.69) is 6.92 Å². The number of phenolic OH excluding ortho intramolecular Hbond substituents is 2. The molecule has 0 fully saturated rings. The van der Waals surface area contributed by atoms with Gasteiger partial charge >= 0.3 is 11.9 Å². The zero-order valence-electron chi connectivity index (χ0n) is 15.6. The van der Waals surface area contributed by atoms with Crippen LogP contribution in [-0.2, 0) is 9.59 Å². The highest BCUT2D eigenvalue weighted by molar-refractivity contribution is 5.92. The lowest BCUT2D eigenvalue weighted by Gasteiger charge is -2.06. The molecule has 0 bridgehead atoms. The Labute approximate surface area is 155 Å². The minimum Gasteiger partial charge on any atom is -0.508 e. The van der Waals surface area contributed by atoms with Crippen molar-refractivity contribution in [1.82, 2.24) is 0 Å². The Morgan fingerprint density at radius 1 is 0.808 bits per heavy atom. The van der Waals surface area contributed by atoms with Gasteiger partial charge in [-0.25, -0.2) is 0 Å². The standard InChI is InChI=1S/C14H26O4.C6H6O2/c1-2-3-4-5-6-7-8-9-10-11-12(13(15)16)14(17)18;7-5-2-1-3-6(8)4-5/h12H,2-11H2,1H3,(H,15,16)(H,17,18);1-4,7-8H. The van der Waals surface area contributed by atoms with Crippen LogP contribution < -0.4 is 0 Å². The second-order valence-electron chi connectivity index (χ2n) is 6.37. The summed E-state index contributed by atoms with van der Waals surface area (Å²) in [4.78, 5) is 21.3. The van der Waals surface area contributed by atoms with Crippen LogP contribution in [0.25, 0.3) is 0 Å². The number of aliphatic carboxylic acids is 2. The Morgan fingerprint density at radius 3 is 1.58 bits per heavy atom. The number of hydrogen-bond donors (Lipinski definition) is 4. The van der Waals surface area contributed by atoms with Crippen molar-refractivity contribution in [1.29, 1.82) is 0 Å². The van der Waals surface area contributed by atoms with Crippen LogP contribution in [0, 0.1) is 5.92 Å². The zero-order valence-corrected chi connectivity index (χ0v) is 15.6. The monoisotopic (exact) mass is 368 g/mol. The van der Waals surface area contributed by atoms with E-state index in [0.29, 0.717) is 6.42 Å². The number of unbranched alkanes of at least 4 members (excludes halogenated alkanes) is 8. The molecule has 0 spiro atoms. The van der Waals surface area contributed by atoms with E-state index in [4.69, 9.17) is 20.4 Å². The van der Waals surface area contributed by atoms with Gasteiger partial charge in [-0.3, -0.25) is 9.59 Å². The lowest BCUT2D eigenvalue weighted by atomic mass is 10.00. The fraction of sp³-hybridized carbons (Fsp3) is 0.600. The number of hydrogen-bond acceptors (Lipinski definition) is 4. The van der Waals surface area contributed by atoms with Gasteiger partial charge in [-0.15, -0.1) is 0 Å². The number of rotatable bonds is 12. The molecule has 0 heterocycles. The molecular weight excluding hydrogens is 336 g/mol. The summed E-state index contributed by atoms with van der Waals surface area (Å²) in [5, 5.41) is 34.7. The van der Waals surface area contributed by atoms with E-state index in [9.17, 15) is 9.59 Å². The minimum absolute atomic E-state index is 0.0880. The van der Waals surface area contributed by atoms with Crippen LogP contribution in [0.15, 0.2) is 24.3 Å². The highest BCUT2D eigenvalue weighted by Crippen LogP contribution is 2.15. The summed E-state index contributed by atoms with van der Waals surface area (Å²) in [6.45, 7) is 2.20. The SMILES string of the molecule is CCCCCCCCCCCC(C(=O)O)C(=O)O.Oc1cccc(O)c1. The summed E-state index contributed by atoms with van der Waals surface area (Å²) >= 11 is 0. The largest absolute Gasteiger partial charge is 0.508 e. The summed E-state index contributed by atoms with van der Waals surface area (Å²) in [5.41, 5.74) is 0. The first-order valence-electron chi connectivity index (χ1n) is 9.32. The molecule has 0 aliphatic carbocycles. The molecule has 26 heavy (non-hydrogen) atoms. The van der Waals surface area contributed by atoms with Crippen LogP contribution in [0.2, 0.25) is 0 Å². The maximum absolute atomic E-state index is 10.6. The van der Waals surface area contributed by atoms with Gasteiger partial charge in [-0.2, -0.15) is 0 Å². The summed E-state index contributed by atoms with van der Waals surface area (Å²) in [6.07, 6.45) is 10.5. The first-order chi connectivity index (χ1) is 12.4. The normalized spacial score (nSPS) is 10.2. The molecule has 0 aliphatic heterocycles. The third-order valence-electron chi connectivity index (χ3n) is 4.02. The van der Waals surface area contributed by atoms with Crippen LogP contribution in [0.1, 0.15) is 71.1 Å². The molecule has 0 saturated heterocycles. The average Bonchev–Trinajstić information content (AvgIpc) is 2.56. The summed E-state index contributed by atoms with van der Waals surface area (Å²) < 4.78 is 0. The van der Waals surface area contributed by atoms with Gasteiger partial charge in [0.25, 0.3) is 0 Å². The predicted octanol–water partition coefficient (Wildman–Crippen LogP) is 4.79. The molecule has 0 radical (unpaired) electrons. The molecule has 0 unspecified atom stereocenters. The first-order valence-corrected chi connectivity index (χ1v) is 9.32. The van der Waals surface area contributed by atoms with Crippen LogP contribution in [0.4, 0.5) is 0 Å². The number of carbonyl (C=O) groups is 2. The first kappa shape index (κ1) is 23.8. The van der Waals surface area contributed by atoms with Crippen molar-refractivity contribution in [2.75, 3.05) is 0 Å². The molecule has 4 N–H and O–H groups in total. The molecule has 0 aromatic heterocycles. The van der Waals surface area contributed by atoms with Crippen molar-refractivity contribution in [3.63, 3.8) is 0 Å². The Balaban J connectivity index is 0.000000642. The van der Waals surface area contributed by atoms with Gasteiger partial charge in [0.15, 0.2) is 5.92 Å². The van der Waals surface area contributed by atoms with Crippen LogP contribution >= 0.6 is 0 Å². The average molecular weight is 368 g/mol. The Morgan fingerprint density at radius 2 is 1.23 bits per heavy atom. The maximum atomic E-state index is 10.6. The molecule has 1 aromatic carbocycles. The molecule has 0 atom stereocenters. The van der Waals surface area contributed by atoms with E-state index in [1.165, 1.54) is 56.7 Å². The van der Waals surface area contributed by atoms with E-state index in [-0.39, 0.29) is 17.9 Å². The van der Waals surface area contributed by atoms with Crippen molar-refractivity contribution in [2.24, 2.45) is 5.92 Å². The van der Waals surface area contributed by atoms with E-state index in [1.54, 1.807) is 6.07 Å². The van der Waals surface area contributed by atoms with E-state index < -0.39 is 17.9 Å². The smallest absolute Gasteiger partial charge is 0.317 e. The molecule has 1 aromatic rings. The Kier molecular flexibility index (Phi) is 13.8. The lowest BCUT2D eigenvalue weighted by molar-refractivity contribution is -0.154. The van der Waals surface area contributed by atoms with Crippen molar-refractivity contribution in [3.05, 3.63) is 24.3 Å². The van der Waals surface area contributed by atoms with Crippen molar-refractivity contribution in [3.8, 4) is 11.5 Å². The number of carboxylic acid groups (broad SMARTS) is 2. The predicted molar refractivity (Wildman–Crippen MR) is 100 cm³/mol. The topological polar surface area (TPSA) is 115 Å². The second kappa shape index (κ2) is 15.0. The van der Waals surface area contributed by atoms with Gasteiger partial charge in [0, 0.05) is 6.07 Å². The third kappa shape index (κ3) is 13.1. The van der Waals surface area contributed by atoms with E-state index in [1.807, 2.05) is 0 Å². The van der Waals surface area contributed by atoms with Gasteiger partial charge in [0.2, 0.25) is 0 Å². The van der Waals surface area contributed by atoms with Crippen LogP contribution in [0.3, 0.4) is 0 Å². The molecule has 148 valence electrons. The zero-order chi connectivity index (χ0) is 19.8. The van der Waals surface area contributed by atoms with Gasteiger partial charge in [0.1, 0.15) is 11.5 Å². The molecular formula is C20H32O6. The summed E-state index contributed by atoms with van der Waals surface area (Å²) in [5.74, 6) is -3.49. The van der Waals surface area contributed by atoms with Gasteiger partial charge in [-0.1, -0.05) is 70.8 Å². The maximum Gasteiger partial charge on any atom is 0.317 e. The highest BCUT2D eigenvalue weighted by Gasteiger charge is 2.24. The van der Waals surface area contributed by atoms with E-state index in [0.717, 1.165) is 12.8 Å². The summed E-state index contributed by atoms with van der Waals surface area (Å²) in [7, 11) is 0. The fourth-order valence-electron chi connectivity index (χ4n) is 2.50. The van der Waals surface area contributed by atoms with Crippen molar-refractivity contribution in [2.45, 2.75) is 71.1 Å².